The van der Waals surface area contributed by atoms with Gasteiger partial charge in [-0.05, 0) is 53.0 Å². The van der Waals surface area contributed by atoms with Crippen LogP contribution in [0.1, 0.15) is 16.7 Å². The van der Waals surface area contributed by atoms with Crippen LogP contribution >= 0.6 is 27.5 Å². The van der Waals surface area contributed by atoms with Gasteiger partial charge in [0.1, 0.15) is 24.7 Å². The monoisotopic (exact) mass is 397 g/mol. The Morgan fingerprint density at radius 2 is 1.74 bits per heavy atom. The third-order valence-corrected chi connectivity index (χ3v) is 4.03. The Hall–Kier alpha value is -1.72. The van der Waals surface area contributed by atoms with Crippen molar-refractivity contribution < 1.29 is 14.7 Å². The second-order valence-electron chi connectivity index (χ2n) is 4.97. The van der Waals surface area contributed by atoms with Crippen LogP contribution in [-0.4, -0.2) is 24.6 Å². The third kappa shape index (κ3) is 4.62. The zero-order valence-corrected chi connectivity index (χ0v) is 15.2. The molecule has 1 N–H and O–H groups in total. The summed E-state index contributed by atoms with van der Waals surface area (Å²) in [6, 6.07) is 9.40. The number of halogens is 2. The van der Waals surface area contributed by atoms with Crippen molar-refractivity contribution in [3.05, 3.63) is 56.5 Å². The fourth-order valence-electron chi connectivity index (χ4n) is 2.20. The van der Waals surface area contributed by atoms with Crippen molar-refractivity contribution in [2.45, 2.75) is 13.8 Å². The molecule has 0 amide bonds. The number of benzene rings is 2. The second kappa shape index (κ2) is 8.22. The van der Waals surface area contributed by atoms with E-state index in [0.29, 0.717) is 34.0 Å². The molecule has 23 heavy (non-hydrogen) atoms. The van der Waals surface area contributed by atoms with Gasteiger partial charge in [0.15, 0.2) is 0 Å². The molecule has 4 nitrogen and oxygen atoms in total. The number of hydrogen-bond acceptors (Lipinski definition) is 4. The number of oxime groups is 1. The first kappa shape index (κ1) is 17.6. The van der Waals surface area contributed by atoms with Gasteiger partial charge in [0.25, 0.3) is 0 Å². The van der Waals surface area contributed by atoms with E-state index < -0.39 is 0 Å². The smallest absolute Gasteiger partial charge is 0.142 e. The molecule has 0 fully saturated rings. The summed E-state index contributed by atoms with van der Waals surface area (Å²) in [5.41, 5.74) is 2.76. The molecule has 0 aromatic heterocycles. The molecule has 0 spiro atoms. The van der Waals surface area contributed by atoms with Crippen molar-refractivity contribution in [3.63, 3.8) is 0 Å². The van der Waals surface area contributed by atoms with E-state index in [-0.39, 0.29) is 0 Å². The number of hydrogen-bond donors (Lipinski definition) is 1. The van der Waals surface area contributed by atoms with Crippen molar-refractivity contribution in [1.82, 2.24) is 0 Å². The van der Waals surface area contributed by atoms with Gasteiger partial charge in [0, 0.05) is 10.6 Å². The van der Waals surface area contributed by atoms with E-state index in [1.54, 1.807) is 12.1 Å². The minimum atomic E-state index is 0.347. The zero-order valence-electron chi connectivity index (χ0n) is 12.8. The van der Waals surface area contributed by atoms with Crippen LogP contribution in [0.3, 0.4) is 0 Å². The summed E-state index contributed by atoms with van der Waals surface area (Å²) in [6.45, 7) is 4.76. The van der Waals surface area contributed by atoms with Crippen LogP contribution in [0.25, 0.3) is 0 Å². The van der Waals surface area contributed by atoms with Crippen LogP contribution in [0.5, 0.6) is 11.5 Å². The lowest BCUT2D eigenvalue weighted by Crippen LogP contribution is -2.11. The molecule has 0 saturated carbocycles. The normalized spacial score (nSPS) is 11.0. The Kier molecular flexibility index (Phi) is 6.30. The van der Waals surface area contributed by atoms with E-state index >= 15 is 0 Å². The van der Waals surface area contributed by atoms with E-state index in [2.05, 4.69) is 21.1 Å². The molecule has 0 atom stereocenters. The number of aryl methyl sites for hydroxylation is 2. The second-order valence-corrected chi connectivity index (χ2v) is 6.26. The topological polar surface area (TPSA) is 51.0 Å². The fourth-order valence-corrected chi connectivity index (χ4v) is 3.15. The molecule has 2 aromatic carbocycles. The lowest BCUT2D eigenvalue weighted by molar-refractivity contribution is 0.214. The maximum Gasteiger partial charge on any atom is 0.142 e. The standard InChI is InChI=1S/C17H17BrClNO3/c1-11-4-3-5-12(2)16(11)22-6-7-23-17-13(10-20-21)8-14(19)9-15(17)18/h3-5,8-10,21H,6-7H2,1-2H3. The van der Waals surface area contributed by atoms with Crippen molar-refractivity contribution in [3.8, 4) is 11.5 Å². The van der Waals surface area contributed by atoms with Crippen LogP contribution in [-0.2, 0) is 0 Å². The largest absolute Gasteiger partial charge is 0.489 e. The van der Waals surface area contributed by atoms with Crippen molar-refractivity contribution in [1.29, 1.82) is 0 Å². The highest BCUT2D eigenvalue weighted by Crippen LogP contribution is 2.32. The van der Waals surface area contributed by atoms with E-state index in [1.807, 2.05) is 32.0 Å². The molecular formula is C17H17BrClNO3. The molecule has 0 aliphatic rings. The highest BCUT2D eigenvalue weighted by molar-refractivity contribution is 9.10. The molecule has 2 aromatic rings. The number of rotatable bonds is 6. The molecule has 122 valence electrons. The predicted octanol–water partition coefficient (Wildman–Crippen LogP) is 4.99. The summed E-state index contributed by atoms with van der Waals surface area (Å²) >= 11 is 9.38. The molecule has 2 rings (SSSR count). The number of para-hydroxylation sites is 1. The number of nitrogens with zero attached hydrogens (tertiary/aromatic N) is 1. The minimum Gasteiger partial charge on any atom is -0.489 e. The van der Waals surface area contributed by atoms with Gasteiger partial charge in [0.05, 0.1) is 10.7 Å². The fraction of sp³-hybridized carbons (Fsp3) is 0.235. The molecule has 0 saturated heterocycles. The zero-order chi connectivity index (χ0) is 16.8. The maximum atomic E-state index is 8.74. The van der Waals surface area contributed by atoms with Gasteiger partial charge in [-0.2, -0.15) is 0 Å². The van der Waals surface area contributed by atoms with Gasteiger partial charge in [-0.1, -0.05) is 35.0 Å². The van der Waals surface area contributed by atoms with E-state index in [4.69, 9.17) is 26.3 Å². The molecule has 0 heterocycles. The summed E-state index contributed by atoms with van der Waals surface area (Å²) in [4.78, 5) is 0. The van der Waals surface area contributed by atoms with Gasteiger partial charge >= 0.3 is 0 Å². The molecule has 0 aliphatic carbocycles. The average Bonchev–Trinajstić information content (AvgIpc) is 2.48. The first-order valence-corrected chi connectivity index (χ1v) is 8.18. The van der Waals surface area contributed by atoms with E-state index in [1.165, 1.54) is 6.21 Å². The third-order valence-electron chi connectivity index (χ3n) is 3.22. The summed E-state index contributed by atoms with van der Waals surface area (Å²) in [5.74, 6) is 1.43. The first-order chi connectivity index (χ1) is 11.0. The maximum absolute atomic E-state index is 8.74. The quantitative estimate of drug-likeness (QED) is 0.323. The minimum absolute atomic E-state index is 0.347. The SMILES string of the molecule is Cc1cccc(C)c1OCCOc1c(Br)cc(Cl)cc1C=NO. The molecule has 0 unspecified atom stereocenters. The highest BCUT2D eigenvalue weighted by atomic mass is 79.9. The summed E-state index contributed by atoms with van der Waals surface area (Å²) in [7, 11) is 0. The van der Waals surface area contributed by atoms with Gasteiger partial charge < -0.3 is 14.7 Å². The van der Waals surface area contributed by atoms with Gasteiger partial charge in [-0.25, -0.2) is 0 Å². The highest BCUT2D eigenvalue weighted by Gasteiger charge is 2.10. The van der Waals surface area contributed by atoms with Crippen LogP contribution in [0.15, 0.2) is 40.0 Å². The first-order valence-electron chi connectivity index (χ1n) is 7.01. The van der Waals surface area contributed by atoms with Crippen LogP contribution in [0, 0.1) is 13.8 Å². The Labute approximate surface area is 148 Å². The number of ether oxygens (including phenoxy) is 2. The summed E-state index contributed by atoms with van der Waals surface area (Å²) < 4.78 is 12.2. The molecule has 0 aliphatic heterocycles. The molecular weight excluding hydrogens is 382 g/mol. The summed E-state index contributed by atoms with van der Waals surface area (Å²) in [6.07, 6.45) is 1.28. The Bertz CT molecular complexity index is 699. The van der Waals surface area contributed by atoms with Gasteiger partial charge in [-0.3, -0.25) is 0 Å². The van der Waals surface area contributed by atoms with Crippen molar-refractivity contribution in [2.24, 2.45) is 5.16 Å². The molecule has 0 radical (unpaired) electrons. The van der Waals surface area contributed by atoms with Crippen LogP contribution in [0.2, 0.25) is 5.02 Å². The van der Waals surface area contributed by atoms with E-state index in [9.17, 15) is 0 Å². The van der Waals surface area contributed by atoms with Gasteiger partial charge in [0.2, 0.25) is 0 Å². The predicted molar refractivity (Wildman–Crippen MR) is 95.4 cm³/mol. The average molecular weight is 399 g/mol. The summed E-state index contributed by atoms with van der Waals surface area (Å²) in [5, 5.41) is 12.3. The van der Waals surface area contributed by atoms with Crippen molar-refractivity contribution in [2.75, 3.05) is 13.2 Å². The van der Waals surface area contributed by atoms with Crippen LogP contribution < -0.4 is 9.47 Å². The van der Waals surface area contributed by atoms with Crippen molar-refractivity contribution >= 4 is 33.7 Å². The Balaban J connectivity index is 2.02. The lowest BCUT2D eigenvalue weighted by atomic mass is 10.1. The van der Waals surface area contributed by atoms with Crippen LogP contribution in [0.4, 0.5) is 0 Å². The lowest BCUT2D eigenvalue weighted by Gasteiger charge is -2.14. The Morgan fingerprint density at radius 1 is 1.13 bits per heavy atom. The molecule has 6 heteroatoms. The van der Waals surface area contributed by atoms with Gasteiger partial charge in [-0.15, -0.1) is 0 Å². The Morgan fingerprint density at radius 3 is 2.35 bits per heavy atom. The molecule has 0 bridgehead atoms. The van der Waals surface area contributed by atoms with E-state index in [0.717, 1.165) is 16.9 Å².